The lowest BCUT2D eigenvalue weighted by atomic mass is 9.72. The summed E-state index contributed by atoms with van der Waals surface area (Å²) >= 11 is 0. The number of benzene rings is 1. The van der Waals surface area contributed by atoms with Gasteiger partial charge in [-0.3, -0.25) is 29.3 Å². The van der Waals surface area contributed by atoms with Gasteiger partial charge in [-0.2, -0.15) is 0 Å². The zero-order valence-corrected chi connectivity index (χ0v) is 42.4. The molecule has 1 spiro atoms. The van der Waals surface area contributed by atoms with E-state index in [4.69, 9.17) is 9.97 Å². The molecule has 0 unspecified atom stereocenters. The number of imide groups is 1. The van der Waals surface area contributed by atoms with Gasteiger partial charge in [-0.25, -0.2) is 15.0 Å². The third-order valence-electron chi connectivity index (χ3n) is 18.3. The zero-order valence-electron chi connectivity index (χ0n) is 42.4. The lowest BCUT2D eigenvalue weighted by Crippen LogP contribution is -2.59. The highest BCUT2D eigenvalue weighted by Gasteiger charge is 2.56. The summed E-state index contributed by atoms with van der Waals surface area (Å²) in [5.74, 6) is 1.29. The number of pyridine rings is 2. The van der Waals surface area contributed by atoms with E-state index in [9.17, 15) is 19.2 Å². The molecule has 0 bridgehead atoms. The van der Waals surface area contributed by atoms with Crippen LogP contribution in [0.25, 0.3) is 22.3 Å². The van der Waals surface area contributed by atoms with Gasteiger partial charge in [0.05, 0.1) is 28.9 Å². The van der Waals surface area contributed by atoms with E-state index in [0.29, 0.717) is 89.9 Å². The van der Waals surface area contributed by atoms with Crippen molar-refractivity contribution in [2.24, 2.45) is 11.3 Å². The minimum Gasteiger partial charge on any atom is -0.366 e. The van der Waals surface area contributed by atoms with E-state index in [1.54, 1.807) is 6.20 Å². The number of nitrogens with one attached hydrogen (secondary N) is 2. The molecule has 0 radical (unpaired) electrons. The van der Waals surface area contributed by atoms with Crippen molar-refractivity contribution in [1.82, 2.24) is 39.5 Å². The molecule has 9 heterocycles. The van der Waals surface area contributed by atoms with Crippen LogP contribution in [0.2, 0.25) is 0 Å². The van der Waals surface area contributed by atoms with Gasteiger partial charge in [0.15, 0.2) is 5.82 Å². The van der Waals surface area contributed by atoms with Crippen molar-refractivity contribution in [2.75, 3.05) is 67.5 Å². The third kappa shape index (κ3) is 8.42. The van der Waals surface area contributed by atoms with Crippen LogP contribution in [-0.2, 0) is 29.4 Å². The molecule has 8 aliphatic rings. The standard InChI is InChI=1S/C56H71N11O5/c1-35(2)66-34-58-45-32-44(60-50(49(45)66)59-39-9-10-39)37-7-12-43-46(29-37)67(41-30-40(31-41)62-21-5-4-6-22-62)54(72)56(43)19-27-65(28-20-56)53(71)55(3)17-25-64(26-18-55)52(70)36-15-23-63(24-16-36)47-13-8-38(33-57-47)42-11-14-48(68)61-51(42)69/h7-8,12-13,29,32-36,39-42H,4-6,9-11,14-28,30-31H2,1-3H3,(H,59,60)(H,61,68,69)/t40-,41+,42-/m0/s1. The summed E-state index contributed by atoms with van der Waals surface area (Å²) in [5.41, 5.74) is 5.44. The maximum absolute atomic E-state index is 15.3. The Morgan fingerprint density at radius 3 is 2.21 bits per heavy atom. The second-order valence-electron chi connectivity index (χ2n) is 23.1. The largest absolute Gasteiger partial charge is 0.366 e. The van der Waals surface area contributed by atoms with Gasteiger partial charge in [-0.1, -0.05) is 31.5 Å². The van der Waals surface area contributed by atoms with E-state index < -0.39 is 10.8 Å². The van der Waals surface area contributed by atoms with Crippen LogP contribution in [0.5, 0.6) is 0 Å². The van der Waals surface area contributed by atoms with E-state index in [2.05, 4.69) is 79.9 Å². The average Bonchev–Trinajstić information content (AvgIpc) is 4.05. The van der Waals surface area contributed by atoms with E-state index >= 15 is 4.79 Å². The number of rotatable bonds is 10. The number of anilines is 3. The van der Waals surface area contributed by atoms with E-state index in [-0.39, 0.29) is 53.5 Å². The van der Waals surface area contributed by atoms with Gasteiger partial charge in [-0.05, 0) is 140 Å². The van der Waals surface area contributed by atoms with Crippen molar-refractivity contribution in [1.29, 1.82) is 0 Å². The molecule has 16 nitrogen and oxygen atoms in total. The molecule has 1 aromatic carbocycles. The number of amides is 5. The number of fused-ring (bicyclic) bond motifs is 3. The van der Waals surface area contributed by atoms with Crippen LogP contribution in [-0.4, -0.2) is 134 Å². The Bertz CT molecular complexity index is 2770. The Hall–Kier alpha value is -5.90. The summed E-state index contributed by atoms with van der Waals surface area (Å²) in [6.07, 6.45) is 16.4. The number of aromatic nitrogens is 4. The summed E-state index contributed by atoms with van der Waals surface area (Å²) < 4.78 is 2.20. The monoisotopic (exact) mass is 978 g/mol. The summed E-state index contributed by atoms with van der Waals surface area (Å²) in [4.78, 5) is 93.6. The van der Waals surface area contributed by atoms with Crippen molar-refractivity contribution >= 4 is 57.9 Å². The number of carbonyl (C=O) groups is 5. The van der Waals surface area contributed by atoms with Crippen LogP contribution in [0.3, 0.4) is 0 Å². The molecular formula is C56H71N11O5. The minimum atomic E-state index is -0.686. The zero-order chi connectivity index (χ0) is 49.5. The molecule has 2 aliphatic carbocycles. The Labute approximate surface area is 422 Å². The van der Waals surface area contributed by atoms with Gasteiger partial charge < -0.3 is 34.4 Å². The normalized spacial score (nSPS) is 25.8. The van der Waals surface area contributed by atoms with Crippen molar-refractivity contribution in [2.45, 2.75) is 153 Å². The van der Waals surface area contributed by atoms with Gasteiger partial charge >= 0.3 is 0 Å². The molecule has 380 valence electrons. The highest BCUT2D eigenvalue weighted by molar-refractivity contribution is 6.09. The maximum atomic E-state index is 15.3. The van der Waals surface area contributed by atoms with E-state index in [1.165, 1.54) is 19.3 Å². The molecule has 4 aromatic rings. The molecule has 12 rings (SSSR count). The van der Waals surface area contributed by atoms with Crippen LogP contribution in [0, 0.1) is 11.3 Å². The molecule has 2 N–H and O–H groups in total. The van der Waals surface area contributed by atoms with Gasteiger partial charge in [-0.15, -0.1) is 0 Å². The number of carbonyl (C=O) groups excluding carboxylic acids is 5. The fourth-order valence-electron chi connectivity index (χ4n) is 13.4. The Morgan fingerprint density at radius 1 is 0.792 bits per heavy atom. The molecule has 5 saturated heterocycles. The van der Waals surface area contributed by atoms with Crippen molar-refractivity contribution < 1.29 is 24.0 Å². The molecule has 6 aliphatic heterocycles. The average molecular weight is 978 g/mol. The number of piperidine rings is 5. The maximum Gasteiger partial charge on any atom is 0.238 e. The summed E-state index contributed by atoms with van der Waals surface area (Å²) in [7, 11) is 0. The minimum absolute atomic E-state index is 0.0725. The predicted octanol–water partition coefficient (Wildman–Crippen LogP) is 6.94. The lowest BCUT2D eigenvalue weighted by Gasteiger charge is -2.48. The number of hydrogen-bond donors (Lipinski definition) is 2. The van der Waals surface area contributed by atoms with Gasteiger partial charge in [0.1, 0.15) is 11.3 Å². The second kappa shape index (κ2) is 18.5. The van der Waals surface area contributed by atoms with Crippen molar-refractivity contribution in [3.63, 3.8) is 0 Å². The fraction of sp³-hybridized carbons (Fsp3) is 0.607. The molecule has 2 saturated carbocycles. The first-order valence-corrected chi connectivity index (χ1v) is 27.4. The molecule has 72 heavy (non-hydrogen) atoms. The molecule has 16 heteroatoms. The second-order valence-corrected chi connectivity index (χ2v) is 23.1. The van der Waals surface area contributed by atoms with Crippen LogP contribution >= 0.6 is 0 Å². The molecular weight excluding hydrogens is 907 g/mol. The van der Waals surface area contributed by atoms with Crippen LogP contribution < -0.4 is 20.4 Å². The number of imidazole rings is 1. The number of nitrogens with zero attached hydrogens (tertiary/aromatic N) is 9. The first-order chi connectivity index (χ1) is 34.9. The SMILES string of the molecule is CC(C)n1cnc2cc(-c3ccc4c(c3)N([C@H]3C[C@@H](N5CCCCC5)C3)C(=O)C43CCN(C(=O)C4(C)CCN(C(=O)C5CCN(c6ccc([C@@H]7CCC(=O)NC7=O)cn6)CC5)CC4)CC3)nc(NC3CC3)c21. The van der Waals surface area contributed by atoms with Gasteiger partial charge in [0.2, 0.25) is 29.5 Å². The Balaban J connectivity index is 0.705. The summed E-state index contributed by atoms with van der Waals surface area (Å²) in [6, 6.07) is 13.9. The molecule has 5 amide bonds. The highest BCUT2D eigenvalue weighted by Crippen LogP contribution is 2.53. The van der Waals surface area contributed by atoms with Crippen LogP contribution in [0.15, 0.2) is 48.9 Å². The van der Waals surface area contributed by atoms with E-state index in [0.717, 1.165) is 102 Å². The quantitative estimate of drug-likeness (QED) is 0.158. The van der Waals surface area contributed by atoms with Crippen molar-refractivity contribution in [3.05, 3.63) is 60.0 Å². The molecule has 1 atom stereocenters. The molecule has 7 fully saturated rings. The lowest BCUT2D eigenvalue weighted by molar-refractivity contribution is -0.150. The molecule has 3 aromatic heterocycles. The third-order valence-corrected chi connectivity index (χ3v) is 18.3. The topological polar surface area (TPSA) is 169 Å². The smallest absolute Gasteiger partial charge is 0.238 e. The number of likely N-dealkylation sites (tertiary alicyclic amines) is 3. The summed E-state index contributed by atoms with van der Waals surface area (Å²) in [5, 5.41) is 6.13. The Kier molecular flexibility index (Phi) is 12.1. The van der Waals surface area contributed by atoms with E-state index in [1.807, 2.05) is 28.3 Å². The van der Waals surface area contributed by atoms with Gasteiger partial charge in [0, 0.05) is 98.6 Å². The van der Waals surface area contributed by atoms with Gasteiger partial charge in [0.25, 0.3) is 0 Å². The first-order valence-electron chi connectivity index (χ1n) is 27.4. The van der Waals surface area contributed by atoms with Crippen LogP contribution in [0.4, 0.5) is 17.3 Å². The van der Waals surface area contributed by atoms with Crippen molar-refractivity contribution in [3.8, 4) is 11.3 Å². The predicted molar refractivity (Wildman–Crippen MR) is 275 cm³/mol. The first kappa shape index (κ1) is 47.1. The highest BCUT2D eigenvalue weighted by atomic mass is 16.2. The fourth-order valence-corrected chi connectivity index (χ4v) is 13.4. The summed E-state index contributed by atoms with van der Waals surface area (Å²) in [6.45, 7) is 12.3. The van der Waals surface area contributed by atoms with Crippen LogP contribution in [0.1, 0.15) is 140 Å². The Morgan fingerprint density at radius 2 is 1.53 bits per heavy atom. The number of hydrogen-bond acceptors (Lipinski definition) is 11.